The van der Waals surface area contributed by atoms with Crippen LogP contribution in [0, 0.1) is 11.7 Å². The Balaban J connectivity index is 1.63. The van der Waals surface area contributed by atoms with Gasteiger partial charge in [0.05, 0.1) is 28.7 Å². The van der Waals surface area contributed by atoms with E-state index in [2.05, 4.69) is 14.8 Å². The van der Waals surface area contributed by atoms with Crippen LogP contribution in [0.3, 0.4) is 0 Å². The van der Waals surface area contributed by atoms with E-state index in [4.69, 9.17) is 16.3 Å². The molecule has 1 unspecified atom stereocenters. The van der Waals surface area contributed by atoms with E-state index in [1.165, 1.54) is 16.4 Å². The number of hydrogen-bond acceptors (Lipinski definition) is 7. The number of alkyl halides is 3. The van der Waals surface area contributed by atoms with Crippen molar-refractivity contribution in [2.45, 2.75) is 50.0 Å². The number of nitrogens with one attached hydrogen (secondary N) is 2. The minimum Gasteiger partial charge on any atom is -0.485 e. The van der Waals surface area contributed by atoms with Crippen molar-refractivity contribution in [3.63, 3.8) is 0 Å². The number of fused-ring (bicyclic) bond motifs is 1. The number of halogens is 5. The lowest BCUT2D eigenvalue weighted by Gasteiger charge is -2.36. The van der Waals surface area contributed by atoms with Crippen molar-refractivity contribution in [1.29, 1.82) is 0 Å². The van der Waals surface area contributed by atoms with Gasteiger partial charge in [-0.25, -0.2) is 17.6 Å². The van der Waals surface area contributed by atoms with Gasteiger partial charge in [-0.05, 0) is 62.6 Å². The van der Waals surface area contributed by atoms with Crippen LogP contribution in [0.1, 0.15) is 27.2 Å². The number of carbonyl (C=O) groups is 1. The number of ether oxygens (including phenoxy) is 2. The van der Waals surface area contributed by atoms with E-state index >= 15 is 0 Å². The molecule has 2 atom stereocenters. The Morgan fingerprint density at radius 2 is 1.81 bits per heavy atom. The normalized spacial score (nSPS) is 20.0. The first kappa shape index (κ1) is 33.0. The molecule has 2 aliphatic rings. The van der Waals surface area contributed by atoms with Gasteiger partial charge in [0.25, 0.3) is 20.2 Å². The van der Waals surface area contributed by atoms with Crippen molar-refractivity contribution >= 4 is 49.3 Å². The Labute approximate surface area is 251 Å². The number of amides is 1. The predicted molar refractivity (Wildman–Crippen MR) is 149 cm³/mol. The molecule has 238 valence electrons. The Bertz CT molecular complexity index is 1610. The van der Waals surface area contributed by atoms with Crippen molar-refractivity contribution in [1.82, 2.24) is 9.03 Å². The van der Waals surface area contributed by atoms with E-state index in [0.29, 0.717) is 33.4 Å². The van der Waals surface area contributed by atoms with Gasteiger partial charge in [0, 0.05) is 18.8 Å². The lowest BCUT2D eigenvalue weighted by Crippen LogP contribution is -2.50. The molecule has 2 aliphatic heterocycles. The number of rotatable bonds is 8. The third-order valence-corrected chi connectivity index (χ3v) is 10.5. The van der Waals surface area contributed by atoms with Crippen LogP contribution in [0.2, 0.25) is 5.02 Å². The molecule has 11 nitrogen and oxygen atoms in total. The molecule has 2 N–H and O–H groups in total. The van der Waals surface area contributed by atoms with E-state index in [1.54, 1.807) is 0 Å². The van der Waals surface area contributed by atoms with Gasteiger partial charge < -0.3 is 9.47 Å². The molecule has 2 aromatic carbocycles. The summed E-state index contributed by atoms with van der Waals surface area (Å²) >= 11 is 5.82. The fraction of sp³-hybridized carbons (Fsp3) is 0.480. The molecule has 1 saturated heterocycles. The number of hydrogen-bond donors (Lipinski definition) is 2. The maximum Gasteiger partial charge on any atom is 0.427 e. The number of sulfonamides is 1. The molecule has 0 saturated carbocycles. The van der Waals surface area contributed by atoms with Crippen molar-refractivity contribution in [3.8, 4) is 5.75 Å². The highest BCUT2D eigenvalue weighted by molar-refractivity contribution is 7.92. The monoisotopic (exact) mass is 672 g/mol. The van der Waals surface area contributed by atoms with Gasteiger partial charge in [-0.15, -0.1) is 0 Å². The first-order valence-corrected chi connectivity index (χ1v) is 16.2. The Hall–Kier alpha value is -2.86. The first-order chi connectivity index (χ1) is 19.8. The zero-order valence-electron chi connectivity index (χ0n) is 23.1. The van der Waals surface area contributed by atoms with Crippen LogP contribution in [0.25, 0.3) is 0 Å². The number of carbonyl (C=O) groups excluding carboxylic acids is 1. The van der Waals surface area contributed by atoms with Gasteiger partial charge in [-0.1, -0.05) is 18.5 Å². The SMILES string of the molecule is CC1CCN(S(=O)(=O)NC[C@H]2CN(S(=O)(=O)c3ccc(F)c(Cl)c3)c3cc(NC(=O)OC(C)(C)C(F)(F)F)ccc3O2)C1. The molecule has 2 heterocycles. The second-order valence-electron chi connectivity index (χ2n) is 10.7. The molecule has 2 aromatic rings. The number of benzene rings is 2. The van der Waals surface area contributed by atoms with Crippen LogP contribution in [0.15, 0.2) is 41.3 Å². The molecule has 43 heavy (non-hydrogen) atoms. The smallest absolute Gasteiger partial charge is 0.427 e. The summed E-state index contributed by atoms with van der Waals surface area (Å²) in [5, 5.41) is 1.67. The summed E-state index contributed by atoms with van der Waals surface area (Å²) in [6.45, 7) is 3.15. The molecule has 0 spiro atoms. The van der Waals surface area contributed by atoms with Gasteiger partial charge in [0.1, 0.15) is 17.7 Å². The third-order valence-electron chi connectivity index (χ3n) is 6.87. The summed E-state index contributed by atoms with van der Waals surface area (Å²) in [5.74, 6) is -0.730. The maximum atomic E-state index is 13.8. The summed E-state index contributed by atoms with van der Waals surface area (Å²) in [5.41, 5.74) is -3.09. The Kier molecular flexibility index (Phi) is 9.15. The average molecular weight is 673 g/mol. The van der Waals surface area contributed by atoms with E-state index in [-0.39, 0.29) is 29.6 Å². The minimum absolute atomic E-state index is 0.0448. The van der Waals surface area contributed by atoms with Gasteiger partial charge in [0.15, 0.2) is 0 Å². The highest BCUT2D eigenvalue weighted by atomic mass is 35.5. The van der Waals surface area contributed by atoms with E-state index in [1.807, 2.05) is 6.92 Å². The zero-order chi connectivity index (χ0) is 32.0. The van der Waals surface area contributed by atoms with Crippen LogP contribution < -0.4 is 19.1 Å². The van der Waals surface area contributed by atoms with E-state index in [9.17, 15) is 39.2 Å². The molecule has 0 aliphatic carbocycles. The third kappa shape index (κ3) is 7.28. The van der Waals surface area contributed by atoms with Gasteiger partial charge >= 0.3 is 12.3 Å². The number of anilines is 2. The summed E-state index contributed by atoms with van der Waals surface area (Å²) in [7, 11) is -8.39. The summed E-state index contributed by atoms with van der Waals surface area (Å²) in [6, 6.07) is 6.35. The highest BCUT2D eigenvalue weighted by Crippen LogP contribution is 2.40. The number of nitrogens with zero attached hydrogens (tertiary/aromatic N) is 2. The van der Waals surface area contributed by atoms with Gasteiger partial charge in [-0.2, -0.15) is 30.6 Å². The first-order valence-electron chi connectivity index (χ1n) is 12.9. The predicted octanol–water partition coefficient (Wildman–Crippen LogP) is 4.50. The second-order valence-corrected chi connectivity index (χ2v) is 14.7. The molecule has 0 bridgehead atoms. The molecule has 1 amide bonds. The minimum atomic E-state index is -4.86. The van der Waals surface area contributed by atoms with Crippen molar-refractivity contribution in [2.24, 2.45) is 5.92 Å². The summed E-state index contributed by atoms with van der Waals surface area (Å²) in [4.78, 5) is 11.9. The zero-order valence-corrected chi connectivity index (χ0v) is 25.5. The average Bonchev–Trinajstić information content (AvgIpc) is 3.35. The Morgan fingerprint density at radius 1 is 1.12 bits per heavy atom. The topological polar surface area (TPSA) is 134 Å². The lowest BCUT2D eigenvalue weighted by atomic mass is 10.1. The van der Waals surface area contributed by atoms with E-state index < -0.39 is 66.5 Å². The van der Waals surface area contributed by atoms with Gasteiger partial charge in [0.2, 0.25) is 5.60 Å². The van der Waals surface area contributed by atoms with Crippen molar-refractivity contribution in [3.05, 3.63) is 47.2 Å². The molecule has 0 aromatic heterocycles. The standard InChI is InChI=1S/C25H29ClF4N4O7S2/c1-15-8-9-33(13-15)43(38,39)31-12-17-14-34(42(36,37)18-5-6-20(27)19(26)11-18)21-10-16(4-7-22(21)40-17)32-23(35)41-24(2,3)25(28,29)30/h4-7,10-11,15,17,31H,8-9,12-14H2,1-3H3,(H,32,35)/t15?,17-/m0/s1. The van der Waals surface area contributed by atoms with Crippen molar-refractivity contribution < 1.29 is 48.7 Å². The molecule has 0 radical (unpaired) electrons. The largest absolute Gasteiger partial charge is 0.485 e. The molecule has 4 rings (SSSR count). The highest BCUT2D eigenvalue weighted by Gasteiger charge is 2.51. The fourth-order valence-corrected chi connectivity index (χ4v) is 7.47. The van der Waals surface area contributed by atoms with Crippen LogP contribution in [-0.4, -0.2) is 71.3 Å². The molecular formula is C25H29ClF4N4O7S2. The van der Waals surface area contributed by atoms with Crippen LogP contribution in [0.4, 0.5) is 33.7 Å². The molecule has 18 heteroatoms. The van der Waals surface area contributed by atoms with Crippen LogP contribution in [0.5, 0.6) is 5.75 Å². The maximum absolute atomic E-state index is 13.8. The van der Waals surface area contributed by atoms with Gasteiger partial charge in [-0.3, -0.25) is 9.62 Å². The van der Waals surface area contributed by atoms with Crippen LogP contribution >= 0.6 is 11.6 Å². The second kappa shape index (κ2) is 11.9. The fourth-order valence-electron chi connectivity index (χ4n) is 4.32. The quantitative estimate of drug-likeness (QED) is 0.395. The molecular weight excluding hydrogens is 644 g/mol. The van der Waals surface area contributed by atoms with E-state index in [0.717, 1.165) is 28.6 Å². The summed E-state index contributed by atoms with van der Waals surface area (Å²) < 4.78 is 121. The summed E-state index contributed by atoms with van der Waals surface area (Å²) in [6.07, 6.45) is -6.66. The van der Waals surface area contributed by atoms with Crippen molar-refractivity contribution in [2.75, 3.05) is 35.8 Å². The lowest BCUT2D eigenvalue weighted by molar-refractivity contribution is -0.242. The van der Waals surface area contributed by atoms with Crippen LogP contribution in [-0.2, 0) is 25.0 Å². The Morgan fingerprint density at radius 3 is 2.42 bits per heavy atom. The molecule has 1 fully saturated rings.